The van der Waals surface area contributed by atoms with E-state index in [9.17, 15) is 5.11 Å². The summed E-state index contributed by atoms with van der Waals surface area (Å²) in [6.07, 6.45) is 0.866. The van der Waals surface area contributed by atoms with Crippen LogP contribution in [0.25, 0.3) is 0 Å². The molecule has 0 heterocycles. The molecule has 0 aliphatic carbocycles. The van der Waals surface area contributed by atoms with Crippen LogP contribution >= 0.6 is 15.9 Å². The molecule has 15 heavy (non-hydrogen) atoms. The van der Waals surface area contributed by atoms with Gasteiger partial charge in [-0.15, -0.1) is 0 Å². The number of phenolic OH excluding ortho intramolecular Hbond substituents is 1. The van der Waals surface area contributed by atoms with Crippen LogP contribution in [0, 0.1) is 0 Å². The predicted molar refractivity (Wildman–Crippen MR) is 63.8 cm³/mol. The topological polar surface area (TPSA) is 52.5 Å². The highest BCUT2D eigenvalue weighted by molar-refractivity contribution is 9.10. The molecule has 0 unspecified atom stereocenters. The molecule has 3 nitrogen and oxygen atoms in total. The van der Waals surface area contributed by atoms with Crippen LogP contribution in [0.1, 0.15) is 18.9 Å². The smallest absolute Gasteiger partial charge is 0.134 e. The van der Waals surface area contributed by atoms with Crippen LogP contribution in [0.5, 0.6) is 5.75 Å². The molecular formula is C11H16BrNO2. The SMILES string of the molecule is CC[C@H](CO)NCc1cccc(Br)c1O. The van der Waals surface area contributed by atoms with E-state index in [4.69, 9.17) is 5.11 Å². The van der Waals surface area contributed by atoms with Gasteiger partial charge in [-0.3, -0.25) is 0 Å². The Hall–Kier alpha value is -0.580. The van der Waals surface area contributed by atoms with Crippen molar-refractivity contribution in [1.82, 2.24) is 5.32 Å². The number of aromatic hydroxyl groups is 1. The first-order valence-electron chi connectivity index (χ1n) is 4.99. The third-order valence-corrected chi connectivity index (χ3v) is 3.00. The number of hydrogen-bond donors (Lipinski definition) is 3. The first-order valence-corrected chi connectivity index (χ1v) is 5.79. The van der Waals surface area contributed by atoms with Gasteiger partial charge < -0.3 is 15.5 Å². The maximum absolute atomic E-state index is 9.71. The summed E-state index contributed by atoms with van der Waals surface area (Å²) in [5, 5.41) is 21.9. The highest BCUT2D eigenvalue weighted by Gasteiger charge is 2.07. The van der Waals surface area contributed by atoms with E-state index in [1.807, 2.05) is 19.1 Å². The lowest BCUT2D eigenvalue weighted by atomic mass is 10.1. The van der Waals surface area contributed by atoms with Gasteiger partial charge in [0.15, 0.2) is 0 Å². The van der Waals surface area contributed by atoms with Gasteiger partial charge in [0.25, 0.3) is 0 Å². The van der Waals surface area contributed by atoms with Crippen LogP contribution in [-0.2, 0) is 6.54 Å². The summed E-state index contributed by atoms with van der Waals surface area (Å²) < 4.78 is 0.693. The van der Waals surface area contributed by atoms with Gasteiger partial charge in [0.2, 0.25) is 0 Å². The number of rotatable bonds is 5. The fraction of sp³-hybridized carbons (Fsp3) is 0.455. The van der Waals surface area contributed by atoms with Gasteiger partial charge in [-0.25, -0.2) is 0 Å². The lowest BCUT2D eigenvalue weighted by Gasteiger charge is -2.14. The van der Waals surface area contributed by atoms with Crippen molar-refractivity contribution in [3.05, 3.63) is 28.2 Å². The van der Waals surface area contributed by atoms with E-state index in [0.717, 1.165) is 12.0 Å². The molecule has 1 aromatic rings. The number of aliphatic hydroxyl groups excluding tert-OH is 1. The van der Waals surface area contributed by atoms with Gasteiger partial charge in [-0.05, 0) is 28.4 Å². The highest BCUT2D eigenvalue weighted by Crippen LogP contribution is 2.27. The van der Waals surface area contributed by atoms with Gasteiger partial charge in [0.1, 0.15) is 5.75 Å². The molecule has 0 aromatic heterocycles. The summed E-state index contributed by atoms with van der Waals surface area (Å²) in [6, 6.07) is 5.61. The van der Waals surface area contributed by atoms with Crippen molar-refractivity contribution in [2.45, 2.75) is 25.9 Å². The van der Waals surface area contributed by atoms with Crippen molar-refractivity contribution >= 4 is 15.9 Å². The summed E-state index contributed by atoms with van der Waals surface area (Å²) in [6.45, 7) is 2.68. The van der Waals surface area contributed by atoms with Crippen LogP contribution in [-0.4, -0.2) is 22.9 Å². The second-order valence-corrected chi connectivity index (χ2v) is 4.27. The molecule has 3 N–H and O–H groups in total. The molecule has 1 rings (SSSR count). The van der Waals surface area contributed by atoms with E-state index in [1.54, 1.807) is 6.07 Å². The largest absolute Gasteiger partial charge is 0.506 e. The first kappa shape index (κ1) is 12.5. The summed E-state index contributed by atoms with van der Waals surface area (Å²) in [5.74, 6) is 0.262. The van der Waals surface area contributed by atoms with E-state index < -0.39 is 0 Å². The molecule has 0 radical (unpaired) electrons. The summed E-state index contributed by atoms with van der Waals surface area (Å²) >= 11 is 3.26. The van der Waals surface area contributed by atoms with E-state index in [-0.39, 0.29) is 18.4 Å². The Kier molecular flexibility index (Phi) is 5.08. The fourth-order valence-corrected chi connectivity index (χ4v) is 1.70. The molecule has 4 heteroatoms. The van der Waals surface area contributed by atoms with Gasteiger partial charge in [0.05, 0.1) is 11.1 Å². The van der Waals surface area contributed by atoms with E-state index in [0.29, 0.717) is 11.0 Å². The van der Waals surface area contributed by atoms with Crippen LogP contribution < -0.4 is 5.32 Å². The molecule has 0 aliphatic heterocycles. The second kappa shape index (κ2) is 6.10. The van der Waals surface area contributed by atoms with Crippen molar-refractivity contribution < 1.29 is 10.2 Å². The zero-order valence-electron chi connectivity index (χ0n) is 8.70. The third kappa shape index (κ3) is 3.48. The number of halogens is 1. The average Bonchev–Trinajstić information content (AvgIpc) is 2.25. The monoisotopic (exact) mass is 273 g/mol. The van der Waals surface area contributed by atoms with Crippen molar-refractivity contribution in [2.75, 3.05) is 6.61 Å². The van der Waals surface area contributed by atoms with Crippen molar-refractivity contribution in [3.8, 4) is 5.75 Å². The second-order valence-electron chi connectivity index (χ2n) is 3.42. The highest BCUT2D eigenvalue weighted by atomic mass is 79.9. The Balaban J connectivity index is 2.61. The molecule has 0 bridgehead atoms. The maximum atomic E-state index is 9.71. The number of nitrogens with one attached hydrogen (secondary N) is 1. The van der Waals surface area contributed by atoms with E-state index >= 15 is 0 Å². The molecule has 0 saturated carbocycles. The molecule has 0 spiro atoms. The Morgan fingerprint density at radius 2 is 2.20 bits per heavy atom. The summed E-state index contributed by atoms with van der Waals surface area (Å²) in [7, 11) is 0. The minimum Gasteiger partial charge on any atom is -0.506 e. The Morgan fingerprint density at radius 1 is 1.47 bits per heavy atom. The van der Waals surface area contributed by atoms with Crippen LogP contribution in [0.3, 0.4) is 0 Å². The molecule has 0 aliphatic rings. The first-order chi connectivity index (χ1) is 7.19. The van der Waals surface area contributed by atoms with Gasteiger partial charge in [-0.2, -0.15) is 0 Å². The molecule has 0 amide bonds. The zero-order valence-corrected chi connectivity index (χ0v) is 10.3. The Morgan fingerprint density at radius 3 is 2.80 bits per heavy atom. The van der Waals surface area contributed by atoms with E-state index in [2.05, 4.69) is 21.2 Å². The lowest BCUT2D eigenvalue weighted by molar-refractivity contribution is 0.238. The zero-order chi connectivity index (χ0) is 11.3. The maximum Gasteiger partial charge on any atom is 0.134 e. The molecule has 0 fully saturated rings. The normalized spacial score (nSPS) is 12.7. The number of aliphatic hydroxyl groups is 1. The Labute approximate surface area is 98.3 Å². The standard InChI is InChI=1S/C11H16BrNO2/c1-2-9(7-14)13-6-8-4-3-5-10(12)11(8)15/h3-5,9,13-15H,2,6-7H2,1H3/t9-/m1/s1. The van der Waals surface area contributed by atoms with Crippen molar-refractivity contribution in [1.29, 1.82) is 0 Å². The minimum absolute atomic E-state index is 0.0865. The molecular weight excluding hydrogens is 258 g/mol. The molecule has 84 valence electrons. The molecule has 1 atom stereocenters. The predicted octanol–water partition coefficient (Wildman–Crippen LogP) is 2.02. The van der Waals surface area contributed by atoms with Gasteiger partial charge in [-0.1, -0.05) is 19.1 Å². The van der Waals surface area contributed by atoms with Crippen LogP contribution in [0.2, 0.25) is 0 Å². The number of hydrogen-bond acceptors (Lipinski definition) is 3. The fourth-order valence-electron chi connectivity index (χ4n) is 1.29. The number of phenols is 1. The minimum atomic E-state index is 0.0865. The summed E-state index contributed by atoms with van der Waals surface area (Å²) in [5.41, 5.74) is 0.830. The van der Waals surface area contributed by atoms with E-state index in [1.165, 1.54) is 0 Å². The van der Waals surface area contributed by atoms with Gasteiger partial charge >= 0.3 is 0 Å². The Bertz CT molecular complexity index is 313. The molecule has 1 aromatic carbocycles. The summed E-state index contributed by atoms with van der Waals surface area (Å²) in [4.78, 5) is 0. The lowest BCUT2D eigenvalue weighted by Crippen LogP contribution is -2.31. The van der Waals surface area contributed by atoms with Crippen molar-refractivity contribution in [2.24, 2.45) is 0 Å². The van der Waals surface area contributed by atoms with Gasteiger partial charge in [0, 0.05) is 18.2 Å². The number of benzene rings is 1. The number of para-hydroxylation sites is 1. The quantitative estimate of drug-likeness (QED) is 0.770. The molecule has 0 saturated heterocycles. The van der Waals surface area contributed by atoms with Crippen molar-refractivity contribution in [3.63, 3.8) is 0 Å². The third-order valence-electron chi connectivity index (χ3n) is 2.36. The average molecular weight is 274 g/mol. The van der Waals surface area contributed by atoms with Crippen LogP contribution in [0.4, 0.5) is 0 Å². The van der Waals surface area contributed by atoms with Crippen LogP contribution in [0.15, 0.2) is 22.7 Å².